The van der Waals surface area contributed by atoms with Crippen LogP contribution in [0.4, 0.5) is 0 Å². The summed E-state index contributed by atoms with van der Waals surface area (Å²) in [7, 11) is 0. The number of aliphatic hydroxyl groups is 1. The molecule has 0 radical (unpaired) electrons. The molecule has 0 aliphatic carbocycles. The number of nitrogens with zero attached hydrogens (tertiary/aromatic N) is 2. The summed E-state index contributed by atoms with van der Waals surface area (Å²) in [6.07, 6.45) is 4.62. The summed E-state index contributed by atoms with van der Waals surface area (Å²) >= 11 is 0. The van der Waals surface area contributed by atoms with Crippen molar-refractivity contribution in [2.24, 2.45) is 0 Å². The standard InChI is InChI=1S/C13H22N2O/c1-11(2)15(5-4-6-16)10-13-7-12(3)8-14-9-13/h7-9,11,16H,4-6,10H2,1-3H3. The number of aryl methyl sites for hydroxylation is 1. The minimum Gasteiger partial charge on any atom is -0.396 e. The molecule has 0 aliphatic rings. The molecule has 0 saturated heterocycles. The van der Waals surface area contributed by atoms with Crippen LogP contribution in [0.3, 0.4) is 0 Å². The maximum Gasteiger partial charge on any atom is 0.0443 e. The van der Waals surface area contributed by atoms with Gasteiger partial charge in [0, 0.05) is 38.1 Å². The Kier molecular flexibility index (Phi) is 5.43. The van der Waals surface area contributed by atoms with E-state index in [0.29, 0.717) is 6.04 Å². The summed E-state index contributed by atoms with van der Waals surface area (Å²) in [5.74, 6) is 0. The first kappa shape index (κ1) is 13.1. The van der Waals surface area contributed by atoms with Gasteiger partial charge in [0.15, 0.2) is 0 Å². The normalized spacial score (nSPS) is 11.4. The highest BCUT2D eigenvalue weighted by Crippen LogP contribution is 2.09. The van der Waals surface area contributed by atoms with Crippen LogP contribution in [0.2, 0.25) is 0 Å². The summed E-state index contributed by atoms with van der Waals surface area (Å²) in [5, 5.41) is 8.87. The zero-order valence-corrected chi connectivity index (χ0v) is 10.5. The molecule has 0 saturated carbocycles. The van der Waals surface area contributed by atoms with Crippen LogP contribution < -0.4 is 0 Å². The monoisotopic (exact) mass is 222 g/mol. The van der Waals surface area contributed by atoms with Gasteiger partial charge in [-0.1, -0.05) is 6.07 Å². The van der Waals surface area contributed by atoms with Crippen molar-refractivity contribution in [3.8, 4) is 0 Å². The molecular formula is C13H22N2O. The van der Waals surface area contributed by atoms with E-state index in [1.807, 2.05) is 12.4 Å². The number of aliphatic hydroxyl groups excluding tert-OH is 1. The van der Waals surface area contributed by atoms with Gasteiger partial charge in [-0.3, -0.25) is 9.88 Å². The molecule has 0 spiro atoms. The van der Waals surface area contributed by atoms with E-state index in [1.54, 1.807) is 0 Å². The molecule has 1 aromatic heterocycles. The zero-order chi connectivity index (χ0) is 12.0. The highest BCUT2D eigenvalue weighted by molar-refractivity contribution is 5.16. The number of rotatable bonds is 6. The molecule has 0 aromatic carbocycles. The molecular weight excluding hydrogens is 200 g/mol. The molecule has 0 amide bonds. The first-order valence-electron chi connectivity index (χ1n) is 5.89. The third kappa shape index (κ3) is 4.29. The van der Waals surface area contributed by atoms with Crippen molar-refractivity contribution >= 4 is 0 Å². The first-order valence-corrected chi connectivity index (χ1v) is 5.89. The van der Waals surface area contributed by atoms with Gasteiger partial charge in [0.05, 0.1) is 0 Å². The van der Waals surface area contributed by atoms with E-state index in [1.165, 1.54) is 11.1 Å². The molecule has 0 bridgehead atoms. The van der Waals surface area contributed by atoms with Gasteiger partial charge in [0.25, 0.3) is 0 Å². The fourth-order valence-corrected chi connectivity index (χ4v) is 1.73. The van der Waals surface area contributed by atoms with E-state index in [-0.39, 0.29) is 6.61 Å². The van der Waals surface area contributed by atoms with E-state index in [0.717, 1.165) is 19.5 Å². The fourth-order valence-electron chi connectivity index (χ4n) is 1.73. The second-order valence-electron chi connectivity index (χ2n) is 4.51. The second-order valence-corrected chi connectivity index (χ2v) is 4.51. The van der Waals surface area contributed by atoms with Crippen LogP contribution in [0.5, 0.6) is 0 Å². The Hall–Kier alpha value is -0.930. The first-order chi connectivity index (χ1) is 7.63. The Balaban J connectivity index is 2.60. The molecule has 1 heterocycles. The molecule has 0 aliphatic heterocycles. The van der Waals surface area contributed by atoms with E-state index < -0.39 is 0 Å². The minimum absolute atomic E-state index is 0.259. The van der Waals surface area contributed by atoms with E-state index >= 15 is 0 Å². The highest BCUT2D eigenvalue weighted by Gasteiger charge is 2.09. The summed E-state index contributed by atoms with van der Waals surface area (Å²) in [6, 6.07) is 2.66. The Bertz CT molecular complexity index is 313. The van der Waals surface area contributed by atoms with E-state index in [4.69, 9.17) is 5.11 Å². The predicted molar refractivity (Wildman–Crippen MR) is 66.2 cm³/mol. The van der Waals surface area contributed by atoms with Crippen LogP contribution in [0.1, 0.15) is 31.4 Å². The van der Waals surface area contributed by atoms with Crippen LogP contribution in [-0.4, -0.2) is 34.2 Å². The van der Waals surface area contributed by atoms with Crippen LogP contribution in [0, 0.1) is 6.92 Å². The number of pyridine rings is 1. The smallest absolute Gasteiger partial charge is 0.0443 e. The SMILES string of the molecule is Cc1cncc(CN(CCCO)C(C)C)c1. The molecule has 0 unspecified atom stereocenters. The molecule has 0 atom stereocenters. The van der Waals surface area contributed by atoms with Crippen molar-refractivity contribution < 1.29 is 5.11 Å². The molecule has 3 nitrogen and oxygen atoms in total. The van der Waals surface area contributed by atoms with Crippen LogP contribution in [0.15, 0.2) is 18.5 Å². The van der Waals surface area contributed by atoms with Gasteiger partial charge in [-0.2, -0.15) is 0 Å². The summed E-state index contributed by atoms with van der Waals surface area (Å²) < 4.78 is 0. The molecule has 1 N–H and O–H groups in total. The molecule has 1 aromatic rings. The van der Waals surface area contributed by atoms with Crippen molar-refractivity contribution in [2.75, 3.05) is 13.2 Å². The Labute approximate surface area is 98.1 Å². The molecule has 90 valence electrons. The Morgan fingerprint density at radius 1 is 1.38 bits per heavy atom. The molecule has 3 heteroatoms. The van der Waals surface area contributed by atoms with Crippen molar-refractivity contribution in [3.63, 3.8) is 0 Å². The van der Waals surface area contributed by atoms with Crippen molar-refractivity contribution in [2.45, 2.75) is 39.8 Å². The zero-order valence-electron chi connectivity index (χ0n) is 10.5. The van der Waals surface area contributed by atoms with Gasteiger partial charge in [0.1, 0.15) is 0 Å². The summed E-state index contributed by atoms with van der Waals surface area (Å²) in [4.78, 5) is 6.55. The van der Waals surface area contributed by atoms with E-state index in [9.17, 15) is 0 Å². The van der Waals surface area contributed by atoms with E-state index in [2.05, 4.69) is 36.7 Å². The second kappa shape index (κ2) is 6.61. The number of hydrogen-bond donors (Lipinski definition) is 1. The lowest BCUT2D eigenvalue weighted by molar-refractivity contribution is 0.184. The minimum atomic E-state index is 0.259. The summed E-state index contributed by atoms with van der Waals surface area (Å²) in [5.41, 5.74) is 2.44. The number of hydrogen-bond acceptors (Lipinski definition) is 3. The van der Waals surface area contributed by atoms with Crippen LogP contribution in [0.25, 0.3) is 0 Å². The topological polar surface area (TPSA) is 36.4 Å². The molecule has 0 fully saturated rings. The lowest BCUT2D eigenvalue weighted by Gasteiger charge is -2.26. The van der Waals surface area contributed by atoms with Gasteiger partial charge in [0.2, 0.25) is 0 Å². The van der Waals surface area contributed by atoms with Gasteiger partial charge in [-0.25, -0.2) is 0 Å². The maximum absolute atomic E-state index is 8.87. The third-order valence-electron chi connectivity index (χ3n) is 2.65. The fraction of sp³-hybridized carbons (Fsp3) is 0.615. The van der Waals surface area contributed by atoms with Gasteiger partial charge in [-0.15, -0.1) is 0 Å². The van der Waals surface area contributed by atoms with Crippen molar-refractivity contribution in [1.82, 2.24) is 9.88 Å². The Morgan fingerprint density at radius 3 is 2.69 bits per heavy atom. The lowest BCUT2D eigenvalue weighted by Crippen LogP contribution is -2.31. The predicted octanol–water partition coefficient (Wildman–Crippen LogP) is 1.98. The van der Waals surface area contributed by atoms with Gasteiger partial charge >= 0.3 is 0 Å². The maximum atomic E-state index is 8.87. The largest absolute Gasteiger partial charge is 0.396 e. The Morgan fingerprint density at radius 2 is 2.12 bits per heavy atom. The van der Waals surface area contributed by atoms with Crippen molar-refractivity contribution in [1.29, 1.82) is 0 Å². The van der Waals surface area contributed by atoms with Crippen LogP contribution in [-0.2, 0) is 6.54 Å². The average molecular weight is 222 g/mol. The van der Waals surface area contributed by atoms with Crippen LogP contribution >= 0.6 is 0 Å². The molecule has 16 heavy (non-hydrogen) atoms. The lowest BCUT2D eigenvalue weighted by atomic mass is 10.2. The van der Waals surface area contributed by atoms with Crippen molar-refractivity contribution in [3.05, 3.63) is 29.6 Å². The third-order valence-corrected chi connectivity index (χ3v) is 2.65. The van der Waals surface area contributed by atoms with Gasteiger partial charge in [-0.05, 0) is 38.3 Å². The average Bonchev–Trinajstić information content (AvgIpc) is 2.24. The molecule has 1 rings (SSSR count). The quantitative estimate of drug-likeness (QED) is 0.799. The summed E-state index contributed by atoms with van der Waals surface area (Å²) in [6.45, 7) is 8.52. The number of aromatic nitrogens is 1. The highest BCUT2D eigenvalue weighted by atomic mass is 16.3. The van der Waals surface area contributed by atoms with Gasteiger partial charge < -0.3 is 5.11 Å².